The van der Waals surface area contributed by atoms with Gasteiger partial charge in [-0.25, -0.2) is 4.98 Å². The maximum atomic E-state index is 12.7. The second-order valence-electron chi connectivity index (χ2n) is 9.17. The molecule has 1 aromatic heterocycles. The van der Waals surface area contributed by atoms with Gasteiger partial charge in [0.2, 0.25) is 0 Å². The van der Waals surface area contributed by atoms with Gasteiger partial charge in [0, 0.05) is 28.5 Å². The van der Waals surface area contributed by atoms with Crippen molar-refractivity contribution in [3.63, 3.8) is 0 Å². The van der Waals surface area contributed by atoms with Crippen molar-refractivity contribution in [2.24, 2.45) is 5.41 Å². The van der Waals surface area contributed by atoms with Gasteiger partial charge in [-0.2, -0.15) is 0 Å². The van der Waals surface area contributed by atoms with E-state index >= 15 is 0 Å². The summed E-state index contributed by atoms with van der Waals surface area (Å²) in [4.78, 5) is 41.0. The fourth-order valence-electron chi connectivity index (χ4n) is 2.83. The Morgan fingerprint density at radius 2 is 1.76 bits per heavy atom. The van der Waals surface area contributed by atoms with E-state index in [1.807, 2.05) is 13.8 Å². The normalized spacial score (nSPS) is 13.1. The number of carbonyl (C=O) groups is 2. The lowest BCUT2D eigenvalue weighted by atomic mass is 9.98. The average molecular weight is 548 g/mol. The van der Waals surface area contributed by atoms with Crippen molar-refractivity contribution in [1.82, 2.24) is 4.98 Å². The van der Waals surface area contributed by atoms with Gasteiger partial charge in [-0.05, 0) is 71.0 Å². The molecule has 1 N–H and O–H groups in total. The van der Waals surface area contributed by atoms with Crippen LogP contribution in [0.4, 0.5) is 5.13 Å². The second-order valence-corrected chi connectivity index (χ2v) is 11.8. The quantitative estimate of drug-likeness (QED) is 0.217. The van der Waals surface area contributed by atoms with E-state index in [0.29, 0.717) is 27.9 Å². The first kappa shape index (κ1) is 28.3. The van der Waals surface area contributed by atoms with Crippen molar-refractivity contribution in [3.8, 4) is 17.2 Å². The molecular weight excluding hydrogens is 519 g/mol. The van der Waals surface area contributed by atoms with Crippen LogP contribution in [0.5, 0.6) is 17.2 Å². The van der Waals surface area contributed by atoms with Crippen LogP contribution in [0.2, 0.25) is 0 Å². The molecule has 0 fully saturated rings. The Kier molecular flexibility index (Phi) is 9.09. The summed E-state index contributed by atoms with van der Waals surface area (Å²) < 4.78 is 33.8. The topological polar surface area (TPSA) is 136 Å². The standard InChI is InChI=1S/C25H29N2O8PS/c1-16(2)34-19-12-17(22(28)27-24-26-10-11-37-24)13-20(14-19)35-18-6-8-21(9-7-18)36(30,31)33-15-32-23(29)25(3,4)5/h6-14,16H,15H2,1-5H3,(H,30,31)(H,26,27,28)/p-1. The van der Waals surface area contributed by atoms with Crippen LogP contribution < -0.4 is 25.0 Å². The van der Waals surface area contributed by atoms with E-state index in [0.717, 1.165) is 0 Å². The minimum absolute atomic E-state index is 0.118. The lowest BCUT2D eigenvalue weighted by molar-refractivity contribution is -0.203. The molecule has 0 radical (unpaired) electrons. The number of aromatic nitrogens is 1. The number of benzene rings is 2. The number of thiazole rings is 1. The zero-order valence-corrected chi connectivity index (χ0v) is 22.8. The maximum absolute atomic E-state index is 12.7. The van der Waals surface area contributed by atoms with Gasteiger partial charge < -0.3 is 23.7 Å². The van der Waals surface area contributed by atoms with Gasteiger partial charge in [0.15, 0.2) is 19.5 Å². The monoisotopic (exact) mass is 547 g/mol. The third-order valence-corrected chi connectivity index (χ3v) is 6.64. The minimum Gasteiger partial charge on any atom is -0.775 e. The molecular formula is C25H28N2O8PS-. The van der Waals surface area contributed by atoms with Gasteiger partial charge >= 0.3 is 5.97 Å². The number of ether oxygens (including phenoxy) is 3. The van der Waals surface area contributed by atoms with Crippen LogP contribution in [-0.4, -0.2) is 29.8 Å². The Labute approximate surface area is 219 Å². The molecule has 37 heavy (non-hydrogen) atoms. The van der Waals surface area contributed by atoms with Crippen molar-refractivity contribution in [2.45, 2.75) is 40.7 Å². The number of nitrogens with zero attached hydrogens (tertiary/aromatic N) is 1. The highest BCUT2D eigenvalue weighted by atomic mass is 32.1. The molecule has 2 aromatic carbocycles. The molecule has 3 rings (SSSR count). The number of rotatable bonds is 10. The van der Waals surface area contributed by atoms with Gasteiger partial charge in [-0.3, -0.25) is 19.4 Å². The van der Waals surface area contributed by atoms with E-state index in [-0.39, 0.29) is 17.3 Å². The third-order valence-electron chi connectivity index (χ3n) is 4.58. The average Bonchev–Trinajstić information content (AvgIpc) is 3.31. The zero-order valence-electron chi connectivity index (χ0n) is 21.0. The fourth-order valence-corrected chi connectivity index (χ4v) is 4.21. The number of hydrogen-bond acceptors (Lipinski definition) is 10. The maximum Gasteiger partial charge on any atom is 0.313 e. The van der Waals surface area contributed by atoms with E-state index in [4.69, 9.17) is 18.7 Å². The highest BCUT2D eigenvalue weighted by Crippen LogP contribution is 2.37. The largest absolute Gasteiger partial charge is 0.775 e. The van der Waals surface area contributed by atoms with Crippen LogP contribution in [0.3, 0.4) is 0 Å². The fraction of sp³-hybridized carbons (Fsp3) is 0.320. The molecule has 1 atom stereocenters. The number of amides is 1. The summed E-state index contributed by atoms with van der Waals surface area (Å²) >= 11 is 1.29. The summed E-state index contributed by atoms with van der Waals surface area (Å²) in [6.45, 7) is 7.93. The summed E-state index contributed by atoms with van der Waals surface area (Å²) in [6.07, 6.45) is 1.44. The van der Waals surface area contributed by atoms with Crippen LogP contribution in [0.15, 0.2) is 54.0 Å². The summed E-state index contributed by atoms with van der Waals surface area (Å²) in [7, 11) is -4.49. The van der Waals surface area contributed by atoms with Crippen LogP contribution >= 0.6 is 18.9 Å². The predicted molar refractivity (Wildman–Crippen MR) is 138 cm³/mol. The van der Waals surface area contributed by atoms with E-state index in [1.165, 1.54) is 41.7 Å². The smallest absolute Gasteiger partial charge is 0.313 e. The van der Waals surface area contributed by atoms with Crippen molar-refractivity contribution in [3.05, 3.63) is 59.6 Å². The first-order valence-corrected chi connectivity index (χ1v) is 13.7. The molecule has 198 valence electrons. The SMILES string of the molecule is CC(C)Oc1cc(Oc2ccc(P(=O)([O-])OCOC(=O)C(C)(C)C)cc2)cc(C(=O)Nc2nccs2)c1. The third kappa shape index (κ3) is 8.40. The molecule has 1 heterocycles. The highest BCUT2D eigenvalue weighted by molar-refractivity contribution is 7.59. The van der Waals surface area contributed by atoms with E-state index < -0.39 is 25.8 Å². The lowest BCUT2D eigenvalue weighted by Crippen LogP contribution is -2.25. The molecule has 0 bridgehead atoms. The molecule has 12 heteroatoms. The molecule has 0 saturated heterocycles. The Balaban J connectivity index is 1.72. The van der Waals surface area contributed by atoms with Gasteiger partial charge in [-0.1, -0.05) is 0 Å². The first-order chi connectivity index (χ1) is 17.3. The van der Waals surface area contributed by atoms with Gasteiger partial charge in [0.05, 0.1) is 11.5 Å². The van der Waals surface area contributed by atoms with E-state index in [1.54, 1.807) is 44.5 Å². The van der Waals surface area contributed by atoms with Crippen molar-refractivity contribution < 1.29 is 37.8 Å². The molecule has 1 amide bonds. The summed E-state index contributed by atoms with van der Waals surface area (Å²) in [5.74, 6) is 0.0815. The van der Waals surface area contributed by atoms with Gasteiger partial charge in [0.1, 0.15) is 17.2 Å². The molecule has 0 aliphatic heterocycles. The number of esters is 1. The Hall–Kier alpha value is -3.24. The van der Waals surface area contributed by atoms with Gasteiger partial charge in [-0.15, -0.1) is 11.3 Å². The van der Waals surface area contributed by atoms with Crippen LogP contribution in [0.25, 0.3) is 0 Å². The molecule has 0 spiro atoms. The zero-order chi connectivity index (χ0) is 27.2. The van der Waals surface area contributed by atoms with Crippen LogP contribution in [0, 0.1) is 5.41 Å². The molecule has 0 saturated carbocycles. The first-order valence-electron chi connectivity index (χ1n) is 11.3. The molecule has 10 nitrogen and oxygen atoms in total. The Bertz CT molecular complexity index is 1270. The summed E-state index contributed by atoms with van der Waals surface area (Å²) in [5.41, 5.74) is -0.490. The number of hydrogen-bond donors (Lipinski definition) is 1. The molecule has 0 aliphatic rings. The second kappa shape index (κ2) is 11.9. The predicted octanol–water partition coefficient (Wildman–Crippen LogP) is 4.72. The summed E-state index contributed by atoms with van der Waals surface area (Å²) in [6, 6.07) is 10.2. The van der Waals surface area contributed by atoms with Crippen LogP contribution in [-0.2, 0) is 18.6 Å². The number of anilines is 1. The molecule has 1 unspecified atom stereocenters. The summed E-state index contributed by atoms with van der Waals surface area (Å²) in [5, 5.41) is 4.79. The lowest BCUT2D eigenvalue weighted by Gasteiger charge is -2.24. The van der Waals surface area contributed by atoms with Crippen LogP contribution in [0.1, 0.15) is 45.0 Å². The number of carbonyl (C=O) groups excluding carboxylic acids is 2. The molecule has 0 aliphatic carbocycles. The van der Waals surface area contributed by atoms with Crippen molar-refractivity contribution in [2.75, 3.05) is 12.1 Å². The van der Waals surface area contributed by atoms with Crippen molar-refractivity contribution >= 4 is 41.2 Å². The highest BCUT2D eigenvalue weighted by Gasteiger charge is 2.24. The molecule has 3 aromatic rings. The number of nitrogens with one attached hydrogen (secondary N) is 1. The van der Waals surface area contributed by atoms with Crippen molar-refractivity contribution in [1.29, 1.82) is 0 Å². The van der Waals surface area contributed by atoms with Gasteiger partial charge in [0.25, 0.3) is 5.91 Å². The van der Waals surface area contributed by atoms with E-state index in [9.17, 15) is 19.0 Å². The Morgan fingerprint density at radius 3 is 2.35 bits per heavy atom. The minimum atomic E-state index is -4.49. The van der Waals surface area contributed by atoms with E-state index in [2.05, 4.69) is 10.3 Å². The Morgan fingerprint density at radius 1 is 1.08 bits per heavy atom.